The third-order valence-corrected chi connectivity index (χ3v) is 4.62. The predicted octanol–water partition coefficient (Wildman–Crippen LogP) is 5.46. The lowest BCUT2D eigenvalue weighted by molar-refractivity contribution is -0.111. The van der Waals surface area contributed by atoms with Crippen LogP contribution in [0.5, 0.6) is 11.5 Å². The van der Waals surface area contributed by atoms with Crippen LogP contribution in [0.1, 0.15) is 30.9 Å². The fourth-order valence-electron chi connectivity index (χ4n) is 2.49. The van der Waals surface area contributed by atoms with Crippen LogP contribution >= 0.6 is 15.9 Å². The molecule has 0 aliphatic carbocycles. The van der Waals surface area contributed by atoms with Gasteiger partial charge in [-0.1, -0.05) is 19.4 Å². The van der Waals surface area contributed by atoms with Crippen molar-refractivity contribution in [2.24, 2.45) is 0 Å². The van der Waals surface area contributed by atoms with Gasteiger partial charge in [0.25, 0.3) is 0 Å². The molecular weight excluding hydrogens is 394 g/mol. The van der Waals surface area contributed by atoms with Gasteiger partial charge in [0.15, 0.2) is 0 Å². The van der Waals surface area contributed by atoms with Gasteiger partial charge >= 0.3 is 0 Å². The van der Waals surface area contributed by atoms with Crippen molar-refractivity contribution in [3.8, 4) is 11.5 Å². The van der Waals surface area contributed by atoms with Gasteiger partial charge in [-0.05, 0) is 64.7 Å². The number of carbonyl (C=O) groups is 1. The van der Waals surface area contributed by atoms with E-state index < -0.39 is 0 Å². The number of anilines is 1. The summed E-state index contributed by atoms with van der Waals surface area (Å²) >= 11 is 3.53. The van der Waals surface area contributed by atoms with Crippen molar-refractivity contribution in [3.63, 3.8) is 0 Å². The molecule has 0 aliphatic rings. The number of hydrogen-bond acceptors (Lipinski definition) is 3. The molecule has 1 N–H and O–H groups in total. The fraction of sp³-hybridized carbons (Fsp3) is 0.286. The minimum absolute atomic E-state index is 0.204. The summed E-state index contributed by atoms with van der Waals surface area (Å²) in [5, 5.41) is 2.89. The molecule has 4 nitrogen and oxygen atoms in total. The maximum Gasteiger partial charge on any atom is 0.248 e. The topological polar surface area (TPSA) is 47.6 Å². The predicted molar refractivity (Wildman–Crippen MR) is 110 cm³/mol. The lowest BCUT2D eigenvalue weighted by atomic mass is 10.1. The number of methoxy groups -OCH3 is 2. The maximum absolute atomic E-state index is 12.2. The maximum atomic E-state index is 12.2. The fourth-order valence-corrected chi connectivity index (χ4v) is 3.02. The molecule has 2 aromatic rings. The summed E-state index contributed by atoms with van der Waals surface area (Å²) in [7, 11) is 3.19. The zero-order valence-corrected chi connectivity index (χ0v) is 16.9. The number of halogens is 1. The van der Waals surface area contributed by atoms with Gasteiger partial charge in [-0.25, -0.2) is 0 Å². The molecule has 0 aromatic heterocycles. The van der Waals surface area contributed by atoms with E-state index in [1.807, 2.05) is 24.3 Å². The summed E-state index contributed by atoms with van der Waals surface area (Å²) in [5.41, 5.74) is 2.81. The van der Waals surface area contributed by atoms with E-state index >= 15 is 0 Å². The summed E-state index contributed by atoms with van der Waals surface area (Å²) in [5.74, 6) is 1.15. The van der Waals surface area contributed by atoms with Gasteiger partial charge in [0.1, 0.15) is 11.5 Å². The Balaban J connectivity index is 2.05. The van der Waals surface area contributed by atoms with Gasteiger partial charge in [-0.2, -0.15) is 0 Å². The summed E-state index contributed by atoms with van der Waals surface area (Å²) < 4.78 is 11.4. The van der Waals surface area contributed by atoms with Crippen LogP contribution in [0.4, 0.5) is 5.69 Å². The van der Waals surface area contributed by atoms with E-state index in [9.17, 15) is 4.79 Å². The Morgan fingerprint density at radius 2 is 1.96 bits per heavy atom. The largest absolute Gasteiger partial charge is 0.497 e. The lowest BCUT2D eigenvalue weighted by Crippen LogP contribution is -2.08. The molecule has 0 heterocycles. The molecule has 2 aromatic carbocycles. The monoisotopic (exact) mass is 417 g/mol. The molecule has 0 saturated carbocycles. The number of nitrogens with one attached hydrogen (secondary N) is 1. The van der Waals surface area contributed by atoms with E-state index in [0.29, 0.717) is 11.5 Å². The highest BCUT2D eigenvalue weighted by molar-refractivity contribution is 9.10. The van der Waals surface area contributed by atoms with Crippen molar-refractivity contribution in [1.82, 2.24) is 0 Å². The average Bonchev–Trinajstić information content (AvgIpc) is 2.66. The number of benzene rings is 2. The van der Waals surface area contributed by atoms with E-state index in [1.54, 1.807) is 26.4 Å². The Morgan fingerprint density at radius 3 is 2.62 bits per heavy atom. The first-order valence-electron chi connectivity index (χ1n) is 8.57. The number of hydrogen-bond donors (Lipinski definition) is 1. The summed E-state index contributed by atoms with van der Waals surface area (Å²) in [6, 6.07) is 11.5. The van der Waals surface area contributed by atoms with Crippen molar-refractivity contribution in [2.45, 2.75) is 26.2 Å². The second kappa shape index (κ2) is 10.0. The first-order chi connectivity index (χ1) is 12.6. The summed E-state index contributed by atoms with van der Waals surface area (Å²) in [4.78, 5) is 12.2. The third-order valence-electron chi connectivity index (χ3n) is 3.97. The van der Waals surface area contributed by atoms with Gasteiger partial charge in [0.05, 0.1) is 19.9 Å². The standard InChI is InChI=1S/C21H24BrNO3/c1-4-5-6-15-7-11-19(18(22)13-15)23-21(24)12-9-16-8-10-17(25-2)14-20(16)26-3/h7-14H,4-6H2,1-3H3,(H,23,24)/b12-9+. The van der Waals surface area contributed by atoms with E-state index in [1.165, 1.54) is 11.6 Å². The minimum Gasteiger partial charge on any atom is -0.497 e. The van der Waals surface area contributed by atoms with Crippen LogP contribution in [0.15, 0.2) is 46.9 Å². The zero-order valence-electron chi connectivity index (χ0n) is 15.3. The van der Waals surface area contributed by atoms with Gasteiger partial charge in [0, 0.05) is 22.2 Å². The lowest BCUT2D eigenvalue weighted by Gasteiger charge is -2.09. The highest BCUT2D eigenvalue weighted by atomic mass is 79.9. The Bertz CT molecular complexity index is 787. The van der Waals surface area contributed by atoms with E-state index in [-0.39, 0.29) is 5.91 Å². The summed E-state index contributed by atoms with van der Waals surface area (Å²) in [6.07, 6.45) is 6.57. The van der Waals surface area contributed by atoms with Crippen molar-refractivity contribution < 1.29 is 14.3 Å². The molecule has 0 fully saturated rings. The molecule has 0 saturated heterocycles. The van der Waals surface area contributed by atoms with Gasteiger partial charge in [-0.15, -0.1) is 0 Å². The van der Waals surface area contributed by atoms with Crippen molar-refractivity contribution in [2.75, 3.05) is 19.5 Å². The molecule has 0 unspecified atom stereocenters. The van der Waals surface area contributed by atoms with E-state index in [2.05, 4.69) is 34.2 Å². The van der Waals surface area contributed by atoms with Crippen LogP contribution < -0.4 is 14.8 Å². The highest BCUT2D eigenvalue weighted by Crippen LogP contribution is 2.26. The van der Waals surface area contributed by atoms with Crippen LogP contribution in [-0.4, -0.2) is 20.1 Å². The smallest absolute Gasteiger partial charge is 0.248 e. The van der Waals surface area contributed by atoms with Crippen molar-refractivity contribution in [1.29, 1.82) is 0 Å². The molecule has 0 bridgehead atoms. The minimum atomic E-state index is -0.204. The van der Waals surface area contributed by atoms with Crippen molar-refractivity contribution in [3.05, 3.63) is 58.1 Å². The number of amides is 1. The van der Waals surface area contributed by atoms with Gasteiger partial charge in [0.2, 0.25) is 5.91 Å². The first kappa shape index (κ1) is 20.0. The van der Waals surface area contributed by atoms with E-state index in [4.69, 9.17) is 9.47 Å². The molecule has 138 valence electrons. The highest BCUT2D eigenvalue weighted by Gasteiger charge is 2.06. The zero-order chi connectivity index (χ0) is 18.9. The molecule has 0 spiro atoms. The van der Waals surface area contributed by atoms with Crippen LogP contribution in [0.3, 0.4) is 0 Å². The Labute approximate surface area is 163 Å². The molecule has 2 rings (SSSR count). The number of rotatable bonds is 8. The molecule has 0 aliphatic heterocycles. The Kier molecular flexibility index (Phi) is 7.73. The van der Waals surface area contributed by atoms with Crippen LogP contribution in [-0.2, 0) is 11.2 Å². The molecule has 0 atom stereocenters. The van der Waals surface area contributed by atoms with Crippen molar-refractivity contribution >= 4 is 33.6 Å². The van der Waals surface area contributed by atoms with Crippen LogP contribution in [0.2, 0.25) is 0 Å². The molecule has 26 heavy (non-hydrogen) atoms. The second-order valence-corrected chi connectivity index (χ2v) is 6.70. The van der Waals surface area contributed by atoms with E-state index in [0.717, 1.165) is 35.0 Å². The first-order valence-corrected chi connectivity index (χ1v) is 9.36. The summed E-state index contributed by atoms with van der Waals surface area (Å²) in [6.45, 7) is 2.17. The number of ether oxygens (including phenoxy) is 2. The third kappa shape index (κ3) is 5.63. The van der Waals surface area contributed by atoms with Crippen LogP contribution in [0.25, 0.3) is 6.08 Å². The number of unbranched alkanes of at least 4 members (excludes halogenated alkanes) is 1. The second-order valence-electron chi connectivity index (χ2n) is 5.85. The van der Waals surface area contributed by atoms with Gasteiger partial charge < -0.3 is 14.8 Å². The molecule has 0 radical (unpaired) electrons. The normalized spacial score (nSPS) is 10.8. The Hall–Kier alpha value is -2.27. The van der Waals surface area contributed by atoms with Gasteiger partial charge in [-0.3, -0.25) is 4.79 Å². The Morgan fingerprint density at radius 1 is 1.15 bits per heavy atom. The quantitative estimate of drug-likeness (QED) is 0.579. The number of aryl methyl sites for hydroxylation is 1. The molecular formula is C21H24BrNO3. The molecule has 1 amide bonds. The number of carbonyl (C=O) groups excluding carboxylic acids is 1. The van der Waals surface area contributed by atoms with Crippen LogP contribution in [0, 0.1) is 0 Å². The molecule has 5 heteroatoms. The SMILES string of the molecule is CCCCc1ccc(NC(=O)/C=C/c2ccc(OC)cc2OC)c(Br)c1. The average molecular weight is 418 g/mol.